The first-order valence-corrected chi connectivity index (χ1v) is 6.80. The lowest BCUT2D eigenvalue weighted by Crippen LogP contribution is -2.32. The first kappa shape index (κ1) is 13.3. The molecule has 3 rings (SSSR count). The molecule has 5 N–H and O–H groups in total. The molecule has 0 spiro atoms. The Morgan fingerprint density at radius 2 is 2.10 bits per heavy atom. The predicted octanol–water partition coefficient (Wildman–Crippen LogP) is -0.214. The molecule has 4 atom stereocenters. The Morgan fingerprint density at radius 1 is 1.30 bits per heavy atom. The van der Waals surface area contributed by atoms with Gasteiger partial charge in [0.15, 0.2) is 0 Å². The van der Waals surface area contributed by atoms with Gasteiger partial charge in [-0.2, -0.15) is 0 Å². The second kappa shape index (κ2) is 5.01. The van der Waals surface area contributed by atoms with E-state index in [2.05, 4.69) is 20.3 Å². The van der Waals surface area contributed by atoms with E-state index in [0.717, 1.165) is 12.8 Å². The molecule has 108 valence electrons. The Bertz CT molecular complexity index is 665. The van der Waals surface area contributed by atoms with E-state index in [0.29, 0.717) is 16.6 Å². The van der Waals surface area contributed by atoms with E-state index in [4.69, 9.17) is 0 Å². The van der Waals surface area contributed by atoms with E-state index in [1.165, 1.54) is 6.33 Å². The Morgan fingerprint density at radius 3 is 2.85 bits per heavy atom. The van der Waals surface area contributed by atoms with Crippen molar-refractivity contribution in [2.24, 2.45) is 0 Å². The maximum Gasteiger partial charge on any atom is 0.275 e. The van der Waals surface area contributed by atoms with Gasteiger partial charge in [-0.3, -0.25) is 4.79 Å². The molecule has 0 bridgehead atoms. The summed E-state index contributed by atoms with van der Waals surface area (Å²) in [4.78, 5) is 21.2. The summed E-state index contributed by atoms with van der Waals surface area (Å²) < 4.78 is 0. The highest BCUT2D eigenvalue weighted by atomic mass is 16.3. The number of H-pyrrole nitrogens is 2. The van der Waals surface area contributed by atoms with E-state index < -0.39 is 18.2 Å². The topological polar surface area (TPSA) is 114 Å². The maximum atomic E-state index is 11.7. The van der Waals surface area contributed by atoms with E-state index in [1.54, 1.807) is 6.20 Å². The Kier molecular flexibility index (Phi) is 3.33. The van der Waals surface area contributed by atoms with Gasteiger partial charge < -0.3 is 25.5 Å². The number of hydrogen-bond donors (Lipinski definition) is 5. The molecule has 0 aliphatic carbocycles. The standard InChI is InChI=1S/C13H18N4O3/c1-2-3-7-11(18)12(19)9(17-7)6-4-14-10-8(6)15-5-16-13(10)20/h4-5,7,9,11-12,14,17-19H,2-3H2,1H3,(H,15,16,20). The van der Waals surface area contributed by atoms with Gasteiger partial charge >= 0.3 is 0 Å². The lowest BCUT2D eigenvalue weighted by atomic mass is 10.0. The summed E-state index contributed by atoms with van der Waals surface area (Å²) in [6, 6.07) is -0.573. The highest BCUT2D eigenvalue weighted by Gasteiger charge is 2.42. The van der Waals surface area contributed by atoms with E-state index in [-0.39, 0.29) is 11.6 Å². The zero-order valence-electron chi connectivity index (χ0n) is 11.1. The SMILES string of the molecule is CCCC1NC(c2c[nH]c3c(=O)[nH]cnc23)C(O)C1O. The second-order valence-corrected chi connectivity index (χ2v) is 5.22. The van der Waals surface area contributed by atoms with Crippen LogP contribution in [0.4, 0.5) is 0 Å². The fourth-order valence-corrected chi connectivity index (χ4v) is 2.91. The summed E-state index contributed by atoms with van der Waals surface area (Å²) in [6.07, 6.45) is 2.97. The summed E-state index contributed by atoms with van der Waals surface area (Å²) in [5.74, 6) is 0. The average molecular weight is 278 g/mol. The zero-order chi connectivity index (χ0) is 14.3. The molecule has 7 nitrogen and oxygen atoms in total. The molecule has 0 radical (unpaired) electrons. The minimum Gasteiger partial charge on any atom is -0.389 e. The van der Waals surface area contributed by atoms with Crippen molar-refractivity contribution in [3.8, 4) is 0 Å². The molecule has 1 aliphatic heterocycles. The van der Waals surface area contributed by atoms with E-state index in [9.17, 15) is 15.0 Å². The third-order valence-corrected chi connectivity index (χ3v) is 3.93. The molecule has 3 heterocycles. The Labute approximate surface area is 115 Å². The van der Waals surface area contributed by atoms with Crippen LogP contribution in [0.3, 0.4) is 0 Å². The number of aliphatic hydroxyl groups excluding tert-OH is 2. The van der Waals surface area contributed by atoms with Crippen molar-refractivity contribution in [3.05, 3.63) is 28.4 Å². The third-order valence-electron chi connectivity index (χ3n) is 3.93. The molecule has 2 aromatic rings. The summed E-state index contributed by atoms with van der Waals surface area (Å²) in [7, 11) is 0. The van der Waals surface area contributed by atoms with Crippen LogP contribution < -0.4 is 10.9 Å². The smallest absolute Gasteiger partial charge is 0.275 e. The van der Waals surface area contributed by atoms with Crippen LogP contribution in [0.15, 0.2) is 17.3 Å². The number of fused-ring (bicyclic) bond motifs is 1. The van der Waals surface area contributed by atoms with Crippen LogP contribution in [0.1, 0.15) is 31.4 Å². The van der Waals surface area contributed by atoms with Gasteiger partial charge in [-0.25, -0.2) is 4.98 Å². The number of rotatable bonds is 3. The monoisotopic (exact) mass is 278 g/mol. The van der Waals surface area contributed by atoms with Crippen LogP contribution in [-0.4, -0.2) is 43.4 Å². The van der Waals surface area contributed by atoms with Gasteiger partial charge in [-0.15, -0.1) is 0 Å². The van der Waals surface area contributed by atoms with Gasteiger partial charge in [-0.1, -0.05) is 13.3 Å². The van der Waals surface area contributed by atoms with Crippen LogP contribution in [0.25, 0.3) is 11.0 Å². The normalized spacial score (nSPS) is 30.1. The number of nitrogens with one attached hydrogen (secondary N) is 3. The molecule has 7 heteroatoms. The predicted molar refractivity (Wildman–Crippen MR) is 73.3 cm³/mol. The van der Waals surface area contributed by atoms with Gasteiger partial charge in [0.1, 0.15) is 17.1 Å². The molecule has 1 fully saturated rings. The quantitative estimate of drug-likeness (QED) is 0.533. The first-order valence-electron chi connectivity index (χ1n) is 6.80. The lowest BCUT2D eigenvalue weighted by Gasteiger charge is -2.14. The lowest BCUT2D eigenvalue weighted by molar-refractivity contribution is 0.0269. The summed E-state index contributed by atoms with van der Waals surface area (Å²) in [6.45, 7) is 2.03. The first-order chi connectivity index (χ1) is 9.63. The minimum absolute atomic E-state index is 0.146. The second-order valence-electron chi connectivity index (χ2n) is 5.22. The largest absolute Gasteiger partial charge is 0.389 e. The Balaban J connectivity index is 1.99. The van der Waals surface area contributed by atoms with Gasteiger partial charge in [0.2, 0.25) is 0 Å². The highest BCUT2D eigenvalue weighted by Crippen LogP contribution is 2.31. The van der Waals surface area contributed by atoms with Crippen LogP contribution >= 0.6 is 0 Å². The summed E-state index contributed by atoms with van der Waals surface area (Å²) in [5.41, 5.74) is 1.36. The average Bonchev–Trinajstić information content (AvgIpc) is 2.97. The molecule has 20 heavy (non-hydrogen) atoms. The number of aliphatic hydroxyl groups is 2. The maximum absolute atomic E-state index is 11.7. The summed E-state index contributed by atoms with van der Waals surface area (Å²) in [5, 5.41) is 23.5. The molecule has 4 unspecified atom stereocenters. The number of hydrogen-bond acceptors (Lipinski definition) is 5. The highest BCUT2D eigenvalue weighted by molar-refractivity contribution is 5.78. The van der Waals surface area contributed by atoms with Crippen molar-refractivity contribution in [2.75, 3.05) is 0 Å². The third kappa shape index (κ3) is 1.94. The molecular weight excluding hydrogens is 260 g/mol. The van der Waals surface area contributed by atoms with Crippen molar-refractivity contribution in [2.45, 2.75) is 44.1 Å². The van der Waals surface area contributed by atoms with Crippen LogP contribution in [0.2, 0.25) is 0 Å². The number of nitrogens with zero attached hydrogens (tertiary/aromatic N) is 1. The fourth-order valence-electron chi connectivity index (χ4n) is 2.91. The fraction of sp³-hybridized carbons (Fsp3) is 0.538. The Hall–Kier alpha value is -1.70. The molecule has 0 amide bonds. The van der Waals surface area contributed by atoms with E-state index >= 15 is 0 Å². The van der Waals surface area contributed by atoms with Crippen LogP contribution in [-0.2, 0) is 0 Å². The molecule has 1 aliphatic rings. The van der Waals surface area contributed by atoms with E-state index in [1.807, 2.05) is 6.92 Å². The molecule has 2 aromatic heterocycles. The van der Waals surface area contributed by atoms with Crippen molar-refractivity contribution in [3.63, 3.8) is 0 Å². The van der Waals surface area contributed by atoms with Crippen LogP contribution in [0, 0.1) is 0 Å². The van der Waals surface area contributed by atoms with Crippen molar-refractivity contribution < 1.29 is 10.2 Å². The van der Waals surface area contributed by atoms with Crippen molar-refractivity contribution in [1.29, 1.82) is 0 Å². The number of aromatic amines is 2. The van der Waals surface area contributed by atoms with Gasteiger partial charge in [-0.05, 0) is 6.42 Å². The van der Waals surface area contributed by atoms with Gasteiger partial charge in [0.05, 0.1) is 18.5 Å². The van der Waals surface area contributed by atoms with Crippen LogP contribution in [0.5, 0.6) is 0 Å². The molecule has 1 saturated heterocycles. The van der Waals surface area contributed by atoms with Gasteiger partial charge in [0.25, 0.3) is 5.56 Å². The molecule has 0 aromatic carbocycles. The number of aromatic nitrogens is 3. The zero-order valence-corrected chi connectivity index (χ0v) is 11.1. The molecular formula is C13H18N4O3. The molecule has 0 saturated carbocycles. The van der Waals surface area contributed by atoms with Crippen molar-refractivity contribution in [1.82, 2.24) is 20.3 Å². The summed E-state index contributed by atoms with van der Waals surface area (Å²) >= 11 is 0. The minimum atomic E-state index is -0.911. The van der Waals surface area contributed by atoms with Gasteiger partial charge in [0, 0.05) is 17.8 Å². The van der Waals surface area contributed by atoms with Crippen molar-refractivity contribution >= 4 is 11.0 Å².